The molecule has 1 aromatic heterocycles. The Bertz CT molecular complexity index is 425. The molecule has 0 unspecified atom stereocenters. The van der Waals surface area contributed by atoms with Crippen LogP contribution in [0.3, 0.4) is 0 Å². The highest BCUT2D eigenvalue weighted by Gasteiger charge is 2.17. The molecule has 0 atom stereocenters. The van der Waals surface area contributed by atoms with Gasteiger partial charge in [0.15, 0.2) is 5.11 Å². The Morgan fingerprint density at radius 2 is 2.12 bits per heavy atom. The van der Waals surface area contributed by atoms with E-state index in [-0.39, 0.29) is 0 Å². The van der Waals surface area contributed by atoms with Gasteiger partial charge in [-0.05, 0) is 43.9 Å². The van der Waals surface area contributed by atoms with Crippen LogP contribution in [-0.4, -0.2) is 34.2 Å². The maximum atomic E-state index is 11.1. The lowest BCUT2D eigenvalue weighted by Crippen LogP contribution is -2.34. The van der Waals surface area contributed by atoms with E-state index in [1.54, 1.807) is 6.92 Å². The first-order valence-corrected chi connectivity index (χ1v) is 6.67. The number of carboxylic acids is 1. The van der Waals surface area contributed by atoms with Crippen LogP contribution in [0.25, 0.3) is 0 Å². The number of hydrogen-bond donors (Lipinski definition) is 2. The minimum Gasteiger partial charge on any atom is -0.478 e. The van der Waals surface area contributed by atoms with Gasteiger partial charge in [0.25, 0.3) is 0 Å². The molecule has 1 rings (SSSR count). The molecule has 0 spiro atoms. The normalized spacial score (nSPS) is 10.1. The van der Waals surface area contributed by atoms with Crippen LogP contribution in [0.2, 0.25) is 0 Å². The second-order valence-electron chi connectivity index (χ2n) is 3.53. The fourth-order valence-corrected chi connectivity index (χ4v) is 2.85. The van der Waals surface area contributed by atoms with E-state index in [0.717, 1.165) is 18.7 Å². The minimum absolute atomic E-state index is 0.310. The van der Waals surface area contributed by atoms with Gasteiger partial charge in [0, 0.05) is 13.1 Å². The van der Waals surface area contributed by atoms with E-state index in [2.05, 4.69) is 5.32 Å². The molecule has 0 saturated carbocycles. The standard InChI is InChI=1S/C11H16N2O2S2/c1-4-13(5-2)11(16)12-9-8(10(14)15)7(3)6-17-9/h6H,4-5H2,1-3H3,(H,12,16)(H,14,15). The van der Waals surface area contributed by atoms with Crippen molar-refractivity contribution in [2.24, 2.45) is 0 Å². The van der Waals surface area contributed by atoms with Gasteiger partial charge in [-0.15, -0.1) is 11.3 Å². The third-order valence-corrected chi connectivity index (χ3v) is 3.83. The van der Waals surface area contributed by atoms with Gasteiger partial charge in [-0.1, -0.05) is 0 Å². The molecule has 0 fully saturated rings. The summed E-state index contributed by atoms with van der Waals surface area (Å²) >= 11 is 6.60. The van der Waals surface area contributed by atoms with Crippen molar-refractivity contribution in [3.63, 3.8) is 0 Å². The number of carbonyl (C=O) groups is 1. The highest BCUT2D eigenvalue weighted by Crippen LogP contribution is 2.27. The molecule has 0 amide bonds. The first-order chi connectivity index (χ1) is 8.01. The van der Waals surface area contributed by atoms with Crippen LogP contribution in [0.1, 0.15) is 29.8 Å². The van der Waals surface area contributed by atoms with Gasteiger partial charge in [-0.2, -0.15) is 0 Å². The largest absolute Gasteiger partial charge is 0.478 e. The van der Waals surface area contributed by atoms with E-state index < -0.39 is 5.97 Å². The monoisotopic (exact) mass is 272 g/mol. The summed E-state index contributed by atoms with van der Waals surface area (Å²) in [5.74, 6) is -0.923. The van der Waals surface area contributed by atoms with Gasteiger partial charge in [-0.25, -0.2) is 4.79 Å². The van der Waals surface area contributed by atoms with Gasteiger partial charge in [0.05, 0.1) is 5.56 Å². The summed E-state index contributed by atoms with van der Waals surface area (Å²) in [5.41, 5.74) is 1.07. The average molecular weight is 272 g/mol. The molecule has 1 aromatic rings. The van der Waals surface area contributed by atoms with Crippen LogP contribution in [0.5, 0.6) is 0 Å². The summed E-state index contributed by atoms with van der Waals surface area (Å²) in [4.78, 5) is 13.1. The summed E-state index contributed by atoms with van der Waals surface area (Å²) in [7, 11) is 0. The maximum Gasteiger partial charge on any atom is 0.338 e. The quantitative estimate of drug-likeness (QED) is 0.825. The summed E-state index contributed by atoms with van der Waals surface area (Å²) in [6, 6.07) is 0. The van der Waals surface area contributed by atoms with E-state index in [0.29, 0.717) is 15.7 Å². The van der Waals surface area contributed by atoms with Gasteiger partial charge in [-0.3, -0.25) is 0 Å². The van der Waals surface area contributed by atoms with Crippen LogP contribution >= 0.6 is 23.6 Å². The molecule has 0 aromatic carbocycles. The SMILES string of the molecule is CCN(CC)C(=S)Nc1scc(C)c1C(=O)O. The van der Waals surface area contributed by atoms with Crippen molar-refractivity contribution in [2.45, 2.75) is 20.8 Å². The Kier molecular flexibility index (Phi) is 4.89. The third kappa shape index (κ3) is 3.17. The van der Waals surface area contributed by atoms with Crippen LogP contribution in [0.4, 0.5) is 5.00 Å². The molecule has 4 nitrogen and oxygen atoms in total. The fraction of sp³-hybridized carbons (Fsp3) is 0.455. The van der Waals surface area contributed by atoms with Gasteiger partial charge in [0.1, 0.15) is 5.00 Å². The second-order valence-corrected chi connectivity index (χ2v) is 4.80. The summed E-state index contributed by atoms with van der Waals surface area (Å²) in [6.45, 7) is 7.40. The van der Waals surface area contributed by atoms with Crippen LogP contribution in [-0.2, 0) is 0 Å². The van der Waals surface area contributed by atoms with E-state index in [4.69, 9.17) is 17.3 Å². The maximum absolute atomic E-state index is 11.1. The van der Waals surface area contributed by atoms with Crippen molar-refractivity contribution in [3.05, 3.63) is 16.5 Å². The Labute approximate surface area is 110 Å². The highest BCUT2D eigenvalue weighted by atomic mass is 32.1. The second kappa shape index (κ2) is 5.97. The fourth-order valence-electron chi connectivity index (χ4n) is 1.49. The van der Waals surface area contributed by atoms with Crippen LogP contribution in [0, 0.1) is 6.92 Å². The van der Waals surface area contributed by atoms with Gasteiger partial charge >= 0.3 is 5.97 Å². The first kappa shape index (κ1) is 13.9. The summed E-state index contributed by atoms with van der Waals surface area (Å²) in [5, 5.41) is 15.1. The zero-order chi connectivity index (χ0) is 13.0. The van der Waals surface area contributed by atoms with Gasteiger partial charge in [0.2, 0.25) is 0 Å². The molecule has 2 N–H and O–H groups in total. The Morgan fingerprint density at radius 1 is 1.53 bits per heavy atom. The number of thiophene rings is 1. The van der Waals surface area contributed by atoms with Crippen molar-refractivity contribution in [1.82, 2.24) is 4.90 Å². The van der Waals surface area contributed by atoms with Crippen molar-refractivity contribution >= 4 is 39.6 Å². The topological polar surface area (TPSA) is 52.6 Å². The lowest BCUT2D eigenvalue weighted by molar-refractivity contribution is 0.0698. The molecule has 0 aliphatic rings. The lowest BCUT2D eigenvalue weighted by Gasteiger charge is -2.22. The predicted octanol–water partition coefficient (Wildman–Crippen LogP) is 2.79. The Balaban J connectivity index is 2.89. The van der Waals surface area contributed by atoms with Crippen LogP contribution < -0.4 is 5.32 Å². The van der Waals surface area contributed by atoms with Crippen LogP contribution in [0.15, 0.2) is 5.38 Å². The number of rotatable bonds is 4. The van der Waals surface area contributed by atoms with Gasteiger partial charge < -0.3 is 15.3 Å². The van der Waals surface area contributed by atoms with E-state index >= 15 is 0 Å². The molecule has 94 valence electrons. The molecule has 0 bridgehead atoms. The van der Waals surface area contributed by atoms with E-state index in [9.17, 15) is 4.79 Å². The molecule has 0 saturated heterocycles. The third-order valence-electron chi connectivity index (χ3n) is 2.46. The van der Waals surface area contributed by atoms with Crippen molar-refractivity contribution in [3.8, 4) is 0 Å². The first-order valence-electron chi connectivity index (χ1n) is 5.38. The summed E-state index contributed by atoms with van der Waals surface area (Å²) in [6.07, 6.45) is 0. The number of carboxylic acid groups (broad SMARTS) is 1. The zero-order valence-corrected chi connectivity index (χ0v) is 11.7. The molecule has 0 aliphatic heterocycles. The number of nitrogens with one attached hydrogen (secondary N) is 1. The summed E-state index contributed by atoms with van der Waals surface area (Å²) < 4.78 is 0. The predicted molar refractivity (Wildman–Crippen MR) is 75.2 cm³/mol. The number of nitrogens with zero attached hydrogens (tertiary/aromatic N) is 1. The zero-order valence-electron chi connectivity index (χ0n) is 10.1. The molecular weight excluding hydrogens is 256 g/mol. The van der Waals surface area contributed by atoms with Crippen molar-refractivity contribution in [1.29, 1.82) is 0 Å². The lowest BCUT2D eigenvalue weighted by atomic mass is 10.2. The molecular formula is C11H16N2O2S2. The number of hydrogen-bond acceptors (Lipinski definition) is 3. The highest BCUT2D eigenvalue weighted by molar-refractivity contribution is 7.80. The van der Waals surface area contributed by atoms with Crippen molar-refractivity contribution < 1.29 is 9.90 Å². The number of anilines is 1. The number of aromatic carboxylic acids is 1. The average Bonchev–Trinajstić information content (AvgIpc) is 2.61. The van der Waals surface area contributed by atoms with Crippen molar-refractivity contribution in [2.75, 3.05) is 18.4 Å². The Hall–Kier alpha value is -1.14. The smallest absolute Gasteiger partial charge is 0.338 e. The molecule has 17 heavy (non-hydrogen) atoms. The molecule has 1 heterocycles. The molecule has 6 heteroatoms. The Morgan fingerprint density at radius 3 is 2.59 bits per heavy atom. The van der Waals surface area contributed by atoms with E-state index in [1.807, 2.05) is 24.1 Å². The minimum atomic E-state index is -0.923. The van der Waals surface area contributed by atoms with E-state index in [1.165, 1.54) is 11.3 Å². The molecule has 0 aliphatic carbocycles. The number of aryl methyl sites for hydroxylation is 1. The number of thiocarbonyl (C=S) groups is 1. The molecule has 0 radical (unpaired) electrons.